The number of hydrogen-bond acceptors (Lipinski definition) is 3. The minimum Gasteiger partial charge on any atom is -0.461 e. The van der Waals surface area contributed by atoms with E-state index < -0.39 is 11.5 Å². The van der Waals surface area contributed by atoms with Gasteiger partial charge in [-0.25, -0.2) is 9.48 Å². The van der Waals surface area contributed by atoms with Crippen LogP contribution in [0.4, 0.5) is 0 Å². The molecule has 0 saturated carbocycles. The van der Waals surface area contributed by atoms with E-state index in [-0.39, 0.29) is 12.3 Å². The molecule has 1 aromatic heterocycles. The van der Waals surface area contributed by atoms with Crippen molar-refractivity contribution in [3.63, 3.8) is 0 Å². The first kappa shape index (κ1) is 13.7. The van der Waals surface area contributed by atoms with Crippen molar-refractivity contribution in [3.8, 4) is 5.69 Å². The smallest absolute Gasteiger partial charge is 0.356 e. The van der Waals surface area contributed by atoms with Gasteiger partial charge in [-0.15, -0.1) is 0 Å². The molecule has 2 rings (SSSR count). The highest BCUT2D eigenvalue weighted by atomic mass is 35.5. The van der Waals surface area contributed by atoms with Crippen LogP contribution in [-0.2, 0) is 4.74 Å². The summed E-state index contributed by atoms with van der Waals surface area (Å²) in [5.41, 5.74) is 0.00447. The van der Waals surface area contributed by atoms with Gasteiger partial charge in [-0.3, -0.25) is 9.89 Å². The SMILES string of the molecule is CCOC(=O)c1cc(=O)n(-c2cc(Cl)ccc2Cl)[nH]1. The van der Waals surface area contributed by atoms with E-state index in [4.69, 9.17) is 27.9 Å². The van der Waals surface area contributed by atoms with Crippen molar-refractivity contribution in [3.05, 3.63) is 50.4 Å². The van der Waals surface area contributed by atoms with Crippen LogP contribution in [0.25, 0.3) is 5.69 Å². The van der Waals surface area contributed by atoms with Gasteiger partial charge in [0.25, 0.3) is 5.56 Å². The summed E-state index contributed by atoms with van der Waals surface area (Å²) in [6.07, 6.45) is 0. The lowest BCUT2D eigenvalue weighted by molar-refractivity contribution is 0.0519. The Morgan fingerprint density at radius 2 is 2.11 bits per heavy atom. The number of aromatic nitrogens is 2. The molecule has 1 N–H and O–H groups in total. The van der Waals surface area contributed by atoms with Crippen LogP contribution in [0.5, 0.6) is 0 Å². The Morgan fingerprint density at radius 1 is 1.37 bits per heavy atom. The number of H-pyrrole nitrogens is 1. The van der Waals surface area contributed by atoms with Crippen LogP contribution >= 0.6 is 23.2 Å². The highest BCUT2D eigenvalue weighted by Gasteiger charge is 2.14. The van der Waals surface area contributed by atoms with Crippen molar-refractivity contribution in [1.82, 2.24) is 9.78 Å². The third-order valence-electron chi connectivity index (χ3n) is 2.36. The van der Waals surface area contributed by atoms with Gasteiger partial charge in [0, 0.05) is 11.1 Å². The normalized spacial score (nSPS) is 10.5. The number of carbonyl (C=O) groups is 1. The molecule has 1 aromatic carbocycles. The topological polar surface area (TPSA) is 64.1 Å². The standard InChI is InChI=1S/C12H10Cl2N2O3/c1-2-19-12(18)9-6-11(17)16(15-9)10-5-7(13)3-4-8(10)14/h3-6,15H,2H2,1H3. The molecule has 5 nitrogen and oxygen atoms in total. The second kappa shape index (κ2) is 5.50. The molecule has 0 spiro atoms. The van der Waals surface area contributed by atoms with Gasteiger partial charge < -0.3 is 4.74 Å². The van der Waals surface area contributed by atoms with Gasteiger partial charge in [-0.1, -0.05) is 23.2 Å². The molecule has 100 valence electrons. The highest BCUT2D eigenvalue weighted by molar-refractivity contribution is 6.34. The van der Waals surface area contributed by atoms with Gasteiger partial charge in [0.2, 0.25) is 0 Å². The summed E-state index contributed by atoms with van der Waals surface area (Å²) in [7, 11) is 0. The molecule has 0 fully saturated rings. The number of benzene rings is 1. The zero-order chi connectivity index (χ0) is 14.0. The summed E-state index contributed by atoms with van der Waals surface area (Å²) in [5.74, 6) is -0.600. The van der Waals surface area contributed by atoms with Crippen LogP contribution in [0.15, 0.2) is 29.1 Å². The van der Waals surface area contributed by atoms with E-state index in [2.05, 4.69) is 5.10 Å². The summed E-state index contributed by atoms with van der Waals surface area (Å²) in [5, 5.41) is 3.40. The minimum atomic E-state index is -0.600. The number of rotatable bonds is 3. The van der Waals surface area contributed by atoms with Crippen molar-refractivity contribution in [1.29, 1.82) is 0 Å². The van der Waals surface area contributed by atoms with E-state index in [0.717, 1.165) is 10.7 Å². The van der Waals surface area contributed by atoms with Gasteiger partial charge in [0.05, 0.1) is 17.3 Å². The van der Waals surface area contributed by atoms with E-state index in [9.17, 15) is 9.59 Å². The number of esters is 1. The summed E-state index contributed by atoms with van der Waals surface area (Å²) in [6, 6.07) is 5.84. The minimum absolute atomic E-state index is 0.0582. The molecule has 19 heavy (non-hydrogen) atoms. The molecule has 0 aliphatic carbocycles. The van der Waals surface area contributed by atoms with Crippen molar-refractivity contribution in [2.24, 2.45) is 0 Å². The van der Waals surface area contributed by atoms with Crippen LogP contribution in [0.2, 0.25) is 10.0 Å². The molecule has 0 bridgehead atoms. The molecular formula is C12H10Cl2N2O3. The molecular weight excluding hydrogens is 291 g/mol. The Kier molecular flexibility index (Phi) is 3.97. The predicted octanol–water partition coefficient (Wildman–Crippen LogP) is 2.65. The molecule has 0 unspecified atom stereocenters. The van der Waals surface area contributed by atoms with E-state index in [1.54, 1.807) is 19.1 Å². The van der Waals surface area contributed by atoms with Crippen LogP contribution in [0, 0.1) is 0 Å². The average molecular weight is 301 g/mol. The molecule has 2 aromatic rings. The Hall–Kier alpha value is -1.72. The number of hydrogen-bond donors (Lipinski definition) is 1. The Labute approximate surface area is 118 Å². The maximum absolute atomic E-state index is 11.8. The molecule has 0 aliphatic heterocycles. The maximum atomic E-state index is 11.8. The molecule has 0 amide bonds. The Balaban J connectivity index is 2.49. The summed E-state index contributed by atoms with van der Waals surface area (Å²) in [4.78, 5) is 23.4. The maximum Gasteiger partial charge on any atom is 0.356 e. The second-order valence-electron chi connectivity index (χ2n) is 3.66. The average Bonchev–Trinajstić information content (AvgIpc) is 2.75. The summed E-state index contributed by atoms with van der Waals surface area (Å²) < 4.78 is 5.94. The van der Waals surface area contributed by atoms with Gasteiger partial charge >= 0.3 is 5.97 Å². The number of nitrogens with one attached hydrogen (secondary N) is 1. The quantitative estimate of drug-likeness (QED) is 0.886. The molecule has 0 saturated heterocycles. The van der Waals surface area contributed by atoms with Gasteiger partial charge in [0.1, 0.15) is 5.69 Å². The predicted molar refractivity (Wildman–Crippen MR) is 72.4 cm³/mol. The molecule has 0 radical (unpaired) electrons. The fraction of sp³-hybridized carbons (Fsp3) is 0.167. The summed E-state index contributed by atoms with van der Waals surface area (Å²) in [6.45, 7) is 1.91. The second-order valence-corrected chi connectivity index (χ2v) is 4.50. The largest absolute Gasteiger partial charge is 0.461 e. The van der Waals surface area contributed by atoms with Crippen molar-refractivity contribution < 1.29 is 9.53 Å². The lowest BCUT2D eigenvalue weighted by Gasteiger charge is -2.05. The third kappa shape index (κ3) is 2.83. The first-order valence-electron chi connectivity index (χ1n) is 5.47. The molecule has 0 atom stereocenters. The van der Waals surface area contributed by atoms with Gasteiger partial charge in [0.15, 0.2) is 0 Å². The van der Waals surface area contributed by atoms with Crippen molar-refractivity contribution in [2.75, 3.05) is 6.61 Å². The van der Waals surface area contributed by atoms with E-state index in [1.165, 1.54) is 6.07 Å². The monoisotopic (exact) mass is 300 g/mol. The van der Waals surface area contributed by atoms with Crippen LogP contribution < -0.4 is 5.56 Å². The van der Waals surface area contributed by atoms with Crippen molar-refractivity contribution in [2.45, 2.75) is 6.92 Å². The lowest BCUT2D eigenvalue weighted by atomic mass is 10.3. The zero-order valence-electron chi connectivity index (χ0n) is 9.94. The first-order valence-corrected chi connectivity index (χ1v) is 6.23. The summed E-state index contributed by atoms with van der Waals surface area (Å²) >= 11 is 11.9. The Morgan fingerprint density at radius 3 is 2.79 bits per heavy atom. The molecule has 0 aliphatic rings. The highest BCUT2D eigenvalue weighted by Crippen LogP contribution is 2.22. The number of halogens is 2. The lowest BCUT2D eigenvalue weighted by Crippen LogP contribution is -2.14. The van der Waals surface area contributed by atoms with Crippen molar-refractivity contribution >= 4 is 29.2 Å². The number of ether oxygens (including phenoxy) is 1. The first-order chi connectivity index (χ1) is 9.02. The van der Waals surface area contributed by atoms with E-state index in [1.807, 2.05) is 0 Å². The number of aromatic amines is 1. The zero-order valence-corrected chi connectivity index (χ0v) is 11.5. The fourth-order valence-corrected chi connectivity index (χ4v) is 1.91. The molecule has 7 heteroatoms. The fourth-order valence-electron chi connectivity index (χ4n) is 1.55. The third-order valence-corrected chi connectivity index (χ3v) is 2.92. The van der Waals surface area contributed by atoms with Crippen LogP contribution in [0.3, 0.4) is 0 Å². The van der Waals surface area contributed by atoms with E-state index >= 15 is 0 Å². The van der Waals surface area contributed by atoms with Crippen LogP contribution in [-0.4, -0.2) is 22.4 Å². The van der Waals surface area contributed by atoms with Gasteiger partial charge in [-0.2, -0.15) is 0 Å². The molecule has 1 heterocycles. The van der Waals surface area contributed by atoms with Gasteiger partial charge in [-0.05, 0) is 25.1 Å². The Bertz CT molecular complexity index is 676. The number of carbonyl (C=O) groups excluding carboxylic acids is 1. The van der Waals surface area contributed by atoms with Crippen LogP contribution in [0.1, 0.15) is 17.4 Å². The van der Waals surface area contributed by atoms with E-state index in [0.29, 0.717) is 15.7 Å². The number of nitrogens with zero attached hydrogens (tertiary/aromatic N) is 1.